The summed E-state index contributed by atoms with van der Waals surface area (Å²) in [6.45, 7) is 0. The Labute approximate surface area is 422 Å². The van der Waals surface area contributed by atoms with Crippen LogP contribution in [0.4, 0.5) is 5.69 Å². The van der Waals surface area contributed by atoms with E-state index in [1.54, 1.807) is 107 Å². The van der Waals surface area contributed by atoms with Crippen LogP contribution in [0.3, 0.4) is 0 Å². The summed E-state index contributed by atoms with van der Waals surface area (Å²) in [4.78, 5) is 0. The molecule has 4 aromatic carbocycles. The topological polar surface area (TPSA) is 30.9 Å². The van der Waals surface area contributed by atoms with Gasteiger partial charge in [-0.05, 0) is 35.9 Å². The Morgan fingerprint density at radius 1 is 0.333 bits per heavy atom. The fourth-order valence-corrected chi connectivity index (χ4v) is 78.2. The molecule has 1 aromatic heterocycles. The molecule has 0 amide bonds. The smallest absolute Gasteiger partial charge is 0.0541 e. The van der Waals surface area contributed by atoms with Gasteiger partial charge in [0.2, 0.25) is 0 Å². The molecule has 0 saturated heterocycles. The van der Waals surface area contributed by atoms with Gasteiger partial charge in [0.1, 0.15) is 0 Å². The lowest BCUT2D eigenvalue weighted by Gasteiger charge is -2.14. The fourth-order valence-electron chi connectivity index (χ4n) is 4.06. The number of hydrogen-bond acceptors (Lipinski definition) is 3. The molecule has 0 atom stereocenters. The Morgan fingerprint density at radius 2 is 0.632 bits per heavy atom. The zero-order chi connectivity index (χ0) is 40.0. The summed E-state index contributed by atoms with van der Waals surface area (Å²) in [7, 11) is 50.9. The van der Waals surface area contributed by atoms with Crippen molar-refractivity contribution in [2.75, 3.05) is 5.73 Å². The van der Waals surface area contributed by atoms with Gasteiger partial charge in [0.05, 0.1) is 16.7 Å². The minimum Gasteiger partial charge on any atom is -0.399 e. The number of nitrogens with two attached hydrogens (primary N) is 1. The van der Waals surface area contributed by atoms with E-state index in [1.807, 2.05) is 145 Å². The van der Waals surface area contributed by atoms with E-state index < -0.39 is 0 Å². The minimum absolute atomic E-state index is 0.781. The van der Waals surface area contributed by atoms with Crippen LogP contribution in [-0.4, -0.2) is 4.57 Å². The van der Waals surface area contributed by atoms with Crippen molar-refractivity contribution >= 4 is 307 Å². The Kier molecular flexibility index (Phi) is 33.0. The first kappa shape index (κ1) is 52.9. The first-order valence-electron chi connectivity index (χ1n) is 13.8. The zero-order valence-corrected chi connectivity index (χ0v) is 52.2. The van der Waals surface area contributed by atoms with Gasteiger partial charge in [-0.25, -0.2) is 0 Å². The molecule has 310 valence electrons. The molecule has 0 unspecified atom stereocenters. The van der Waals surface area contributed by atoms with Gasteiger partial charge in [0.25, 0.3) is 0 Å². The van der Waals surface area contributed by atoms with Crippen molar-refractivity contribution in [2.45, 2.75) is 0 Å². The number of benzene rings is 4. The van der Waals surface area contributed by atoms with Crippen molar-refractivity contribution < 1.29 is 0 Å². The minimum atomic E-state index is 0.781. The van der Waals surface area contributed by atoms with Crippen LogP contribution < -0.4 is 5.73 Å². The van der Waals surface area contributed by atoms with E-state index in [2.05, 4.69) is 89.5 Å². The second kappa shape index (κ2) is 35.5. The average molecular weight is 1330 g/mol. The molecule has 5 aromatic rings. The standard InChI is InChI=1S/C24H18N2.S31/c25-18-15-13-17(14-16-18)19-7-1-4-10-22(19)26-23-11-5-2-8-20(23)21-9-3-6-12-24(21)26;1-3-5-7-9-11-13-15-17-19-21-23-25-27-29-31-30-28-26-24-22-20-18-16-14-12-10-8-6-4-2/h1-16H,25H2;. The highest BCUT2D eigenvalue weighted by Crippen LogP contribution is 2.35. The molecule has 0 radical (unpaired) electrons. The molecule has 0 aliphatic heterocycles. The first-order chi connectivity index (χ1) is 28.2. The van der Waals surface area contributed by atoms with Crippen molar-refractivity contribution in [1.29, 1.82) is 0 Å². The highest BCUT2D eigenvalue weighted by molar-refractivity contribution is 8.80. The average Bonchev–Trinajstić information content (AvgIpc) is 3.58. The second-order valence-electron chi connectivity index (χ2n) is 8.48. The molecule has 1 heterocycles. The maximum Gasteiger partial charge on any atom is 0.0541 e. The van der Waals surface area contributed by atoms with Gasteiger partial charge in [-0.1, -0.05) is 66.7 Å². The van der Waals surface area contributed by atoms with E-state index in [0.29, 0.717) is 0 Å². The number of para-hydroxylation sites is 3. The third-order valence-corrected chi connectivity index (χ3v) is 67.9. The maximum absolute atomic E-state index is 5.88. The molecule has 0 aliphatic carbocycles. The van der Waals surface area contributed by atoms with E-state index in [-0.39, 0.29) is 0 Å². The largest absolute Gasteiger partial charge is 0.399 e. The molecule has 0 spiro atoms. The van der Waals surface area contributed by atoms with Crippen molar-refractivity contribution in [3.8, 4) is 16.8 Å². The predicted octanol–water partition coefficient (Wildman–Crippen LogP) is 5.96. The summed E-state index contributed by atoms with van der Waals surface area (Å²) in [5.74, 6) is 0. The zero-order valence-electron chi connectivity index (χ0n) is 26.9. The van der Waals surface area contributed by atoms with E-state index in [0.717, 1.165) is 11.3 Å². The molecule has 0 aliphatic rings. The molecule has 57 heavy (non-hydrogen) atoms. The van der Waals surface area contributed by atoms with Gasteiger partial charge in [0, 0.05) is 302 Å². The first-order valence-corrected chi connectivity index (χ1v) is 53.8. The number of nitrogens with zero attached hydrogens (tertiary/aromatic N) is 1. The number of fused-ring (bicyclic) bond motifs is 3. The van der Waals surface area contributed by atoms with Crippen LogP contribution in [0.5, 0.6) is 0 Å². The van der Waals surface area contributed by atoms with Crippen LogP contribution in [0.25, 0.3) is 38.6 Å². The maximum atomic E-state index is 5.88. The van der Waals surface area contributed by atoms with Gasteiger partial charge in [-0.15, -0.1) is 0 Å². The van der Waals surface area contributed by atoms with Crippen molar-refractivity contribution in [1.82, 2.24) is 4.57 Å². The third kappa shape index (κ3) is 21.9. The number of hydrogen-bond donors (Lipinski definition) is 1. The Hall–Kier alpha value is 3.30. The Balaban J connectivity index is 0.000000255. The number of rotatable bonds is 2. The molecule has 2 nitrogen and oxygen atoms in total. The van der Waals surface area contributed by atoms with Crippen LogP contribution >= 0.6 is 0 Å². The van der Waals surface area contributed by atoms with Gasteiger partial charge in [-0.2, -0.15) is 0 Å². The normalized spacial score (nSPS) is 9.26. The van der Waals surface area contributed by atoms with E-state index >= 15 is 0 Å². The lowest BCUT2D eigenvalue weighted by molar-refractivity contribution is 1.18. The third-order valence-electron chi connectivity index (χ3n) is 5.72. The molecule has 0 bridgehead atoms. The van der Waals surface area contributed by atoms with Crippen LogP contribution in [0.15, 0.2) is 97.1 Å². The van der Waals surface area contributed by atoms with Gasteiger partial charge in [0.15, 0.2) is 0 Å². The molecule has 33 heteroatoms. The molecular formula is C24H18N2S31. The monoisotopic (exact) mass is 1330 g/mol. The van der Waals surface area contributed by atoms with Gasteiger partial charge >= 0.3 is 0 Å². The van der Waals surface area contributed by atoms with Crippen molar-refractivity contribution in [2.24, 2.45) is 0 Å². The van der Waals surface area contributed by atoms with Crippen molar-refractivity contribution in [3.63, 3.8) is 0 Å². The predicted molar refractivity (Wildman–Crippen MR) is 339 cm³/mol. The van der Waals surface area contributed by atoms with Crippen LogP contribution in [0, 0.1) is 0 Å². The van der Waals surface area contributed by atoms with Crippen LogP contribution in [0.1, 0.15) is 0 Å². The Morgan fingerprint density at radius 3 is 0.982 bits per heavy atom. The van der Waals surface area contributed by atoms with E-state index in [1.165, 1.54) is 50.8 Å². The van der Waals surface area contributed by atoms with E-state index in [4.69, 9.17) is 28.1 Å². The SMILES string of the molecule is Nc1ccc(-c2ccccc2-n2c3ccccc3c3ccccc32)cc1.S=S=S=S=S=S=S=S=S=S=S=S=S=S=S=S=S=S=S=S=S=S=S=S=S=S=S=S=S=S=S. The summed E-state index contributed by atoms with van der Waals surface area (Å²) >= 11 is 9.58. The van der Waals surface area contributed by atoms with Crippen molar-refractivity contribution in [3.05, 3.63) is 97.1 Å². The Bertz CT molecular complexity index is 3440. The summed E-state index contributed by atoms with van der Waals surface area (Å²) in [6, 6.07) is 33.8. The second-order valence-corrected chi connectivity index (χ2v) is 59.8. The highest BCUT2D eigenvalue weighted by Gasteiger charge is 2.14. The molecule has 2 N–H and O–H groups in total. The number of aromatic nitrogens is 1. The van der Waals surface area contributed by atoms with Crippen LogP contribution in [-0.2, 0) is 280 Å². The molecule has 0 saturated carbocycles. The molecule has 5 rings (SSSR count). The summed E-state index contributed by atoms with van der Waals surface area (Å²) in [5.41, 5.74) is 12.6. The lowest BCUT2D eigenvalue weighted by atomic mass is 10.0. The highest BCUT2D eigenvalue weighted by atomic mass is 33.5. The quantitative estimate of drug-likeness (QED) is 0.222. The van der Waals surface area contributed by atoms with Gasteiger partial charge < -0.3 is 10.3 Å². The van der Waals surface area contributed by atoms with Crippen LogP contribution in [0.2, 0.25) is 0 Å². The number of nitrogen functional groups attached to an aromatic ring is 1. The van der Waals surface area contributed by atoms with E-state index in [9.17, 15) is 0 Å². The number of anilines is 1. The molecule has 0 fully saturated rings. The summed E-state index contributed by atoms with van der Waals surface area (Å²) in [6.07, 6.45) is 0. The molecular weight excluding hydrogens is 1310 g/mol. The summed E-state index contributed by atoms with van der Waals surface area (Å²) in [5, 5.41) is 2.55. The van der Waals surface area contributed by atoms with Gasteiger partial charge in [-0.3, -0.25) is 0 Å². The lowest BCUT2D eigenvalue weighted by Crippen LogP contribution is -1.97. The summed E-state index contributed by atoms with van der Waals surface area (Å²) < 4.78 is 2.36. The fraction of sp³-hybridized carbons (Fsp3) is 0.